The summed E-state index contributed by atoms with van der Waals surface area (Å²) in [5, 5.41) is 0. The monoisotopic (exact) mass is 268 g/mol. The molecule has 0 aromatic carbocycles. The van der Waals surface area contributed by atoms with Crippen molar-refractivity contribution in [2.45, 2.75) is 44.6 Å². The summed E-state index contributed by atoms with van der Waals surface area (Å²) in [4.78, 5) is 15.8. The zero-order valence-corrected chi connectivity index (χ0v) is 11.6. The number of carbonyl (C=O) groups is 1. The molecule has 1 heterocycles. The molecule has 0 aliphatic heterocycles. The fourth-order valence-electron chi connectivity index (χ4n) is 2.37. The van der Waals surface area contributed by atoms with Crippen LogP contribution in [0.1, 0.15) is 38.8 Å². The van der Waals surface area contributed by atoms with Gasteiger partial charge in [0.25, 0.3) is 0 Å². The van der Waals surface area contributed by atoms with Gasteiger partial charge < -0.3 is 10.5 Å². The van der Waals surface area contributed by atoms with Gasteiger partial charge in [-0.05, 0) is 25.0 Å². The number of hydrogen-bond donors (Lipinski definition) is 1. The van der Waals surface area contributed by atoms with E-state index in [1.54, 1.807) is 6.07 Å². The number of ether oxygens (including phenoxy) is 1. The van der Waals surface area contributed by atoms with Gasteiger partial charge in [0.15, 0.2) is 0 Å². The van der Waals surface area contributed by atoms with Crippen LogP contribution in [0.3, 0.4) is 0 Å². The summed E-state index contributed by atoms with van der Waals surface area (Å²) in [6, 6.07) is 2.69. The van der Waals surface area contributed by atoms with Crippen LogP contribution in [0.25, 0.3) is 0 Å². The summed E-state index contributed by atoms with van der Waals surface area (Å²) in [5.41, 5.74) is 6.21. The third-order valence-electron chi connectivity index (χ3n) is 3.71. The van der Waals surface area contributed by atoms with E-state index in [0.717, 1.165) is 6.20 Å². The van der Waals surface area contributed by atoms with Gasteiger partial charge in [0, 0.05) is 17.2 Å². The van der Waals surface area contributed by atoms with Crippen LogP contribution in [-0.4, -0.2) is 24.1 Å². The summed E-state index contributed by atoms with van der Waals surface area (Å²) in [6.45, 7) is 3.90. The molecule has 2 N–H and O–H groups in total. The van der Waals surface area contributed by atoms with E-state index >= 15 is 0 Å². The van der Waals surface area contributed by atoms with Gasteiger partial charge >= 0.3 is 5.97 Å². The van der Waals surface area contributed by atoms with Gasteiger partial charge in [-0.15, -0.1) is 0 Å². The molecule has 1 aromatic rings. The van der Waals surface area contributed by atoms with Crippen LogP contribution in [0.4, 0.5) is 4.39 Å². The number of rotatable bonds is 6. The number of carbonyl (C=O) groups excluding carboxylic acids is 1. The highest BCUT2D eigenvalue weighted by Gasteiger charge is 2.39. The number of esters is 1. The number of nitrogens with two attached hydrogens (primary N) is 1. The SMILES string of the molecule is CCC(N)C(CC)(CC(=O)OC)c1ccc(F)cn1. The van der Waals surface area contributed by atoms with Gasteiger partial charge in [-0.2, -0.15) is 0 Å². The maximum Gasteiger partial charge on any atom is 0.306 e. The molecular formula is C14H21FN2O2. The smallest absolute Gasteiger partial charge is 0.306 e. The lowest BCUT2D eigenvalue weighted by Gasteiger charge is -2.36. The van der Waals surface area contributed by atoms with Gasteiger partial charge in [0.1, 0.15) is 5.82 Å². The second kappa shape index (κ2) is 6.61. The van der Waals surface area contributed by atoms with Crippen LogP contribution in [0.2, 0.25) is 0 Å². The molecule has 0 saturated carbocycles. The Morgan fingerprint density at radius 1 is 1.53 bits per heavy atom. The molecule has 4 nitrogen and oxygen atoms in total. The second-order valence-corrected chi connectivity index (χ2v) is 4.64. The molecule has 0 spiro atoms. The maximum atomic E-state index is 13.0. The minimum atomic E-state index is -0.616. The first kappa shape index (κ1) is 15.6. The molecule has 2 atom stereocenters. The third-order valence-corrected chi connectivity index (χ3v) is 3.71. The fourth-order valence-corrected chi connectivity index (χ4v) is 2.37. The molecule has 5 heteroatoms. The van der Waals surface area contributed by atoms with Crippen molar-refractivity contribution in [3.63, 3.8) is 0 Å². The number of nitrogens with zero attached hydrogens (tertiary/aromatic N) is 1. The summed E-state index contributed by atoms with van der Waals surface area (Å²) in [7, 11) is 1.35. The number of aromatic nitrogens is 1. The van der Waals surface area contributed by atoms with E-state index in [0.29, 0.717) is 18.5 Å². The molecule has 106 valence electrons. The van der Waals surface area contributed by atoms with E-state index in [1.165, 1.54) is 13.2 Å². The van der Waals surface area contributed by atoms with Crippen LogP contribution in [0.15, 0.2) is 18.3 Å². The predicted molar refractivity (Wildman–Crippen MR) is 71.1 cm³/mol. The minimum absolute atomic E-state index is 0.146. The largest absolute Gasteiger partial charge is 0.469 e. The molecule has 1 rings (SSSR count). The summed E-state index contributed by atoms with van der Waals surface area (Å²) in [6.07, 6.45) is 2.63. The Balaban J connectivity index is 3.22. The molecule has 19 heavy (non-hydrogen) atoms. The van der Waals surface area contributed by atoms with E-state index in [2.05, 4.69) is 4.98 Å². The average Bonchev–Trinajstić information content (AvgIpc) is 2.44. The van der Waals surface area contributed by atoms with E-state index in [1.807, 2.05) is 13.8 Å². The lowest BCUT2D eigenvalue weighted by Crippen LogP contribution is -2.47. The molecule has 0 bridgehead atoms. The molecule has 0 radical (unpaired) electrons. The van der Waals surface area contributed by atoms with Crippen molar-refractivity contribution in [2.24, 2.45) is 5.73 Å². The van der Waals surface area contributed by atoms with Crippen molar-refractivity contribution < 1.29 is 13.9 Å². The molecule has 0 aliphatic rings. The normalized spacial score (nSPS) is 15.6. The Morgan fingerprint density at radius 3 is 2.63 bits per heavy atom. The maximum absolute atomic E-state index is 13.0. The topological polar surface area (TPSA) is 65.2 Å². The fraction of sp³-hybridized carbons (Fsp3) is 0.571. The molecule has 0 aliphatic carbocycles. The summed E-state index contributed by atoms with van der Waals surface area (Å²) in [5.74, 6) is -0.742. The Morgan fingerprint density at radius 2 is 2.21 bits per heavy atom. The van der Waals surface area contributed by atoms with E-state index < -0.39 is 11.2 Å². The van der Waals surface area contributed by atoms with Crippen molar-refractivity contribution in [2.75, 3.05) is 7.11 Å². The lowest BCUT2D eigenvalue weighted by atomic mass is 9.71. The molecule has 0 amide bonds. The highest BCUT2D eigenvalue weighted by Crippen LogP contribution is 2.35. The molecule has 0 saturated heterocycles. The first-order valence-corrected chi connectivity index (χ1v) is 6.44. The number of pyridine rings is 1. The highest BCUT2D eigenvalue weighted by molar-refractivity contribution is 5.71. The van der Waals surface area contributed by atoms with Crippen molar-refractivity contribution >= 4 is 5.97 Å². The van der Waals surface area contributed by atoms with Crippen LogP contribution >= 0.6 is 0 Å². The quantitative estimate of drug-likeness (QED) is 0.803. The van der Waals surface area contributed by atoms with Crippen molar-refractivity contribution in [1.29, 1.82) is 0 Å². The minimum Gasteiger partial charge on any atom is -0.469 e. The zero-order valence-electron chi connectivity index (χ0n) is 11.6. The predicted octanol–water partition coefficient (Wildman–Crippen LogP) is 2.17. The van der Waals surface area contributed by atoms with Crippen molar-refractivity contribution in [1.82, 2.24) is 4.98 Å². The van der Waals surface area contributed by atoms with Gasteiger partial charge in [0.2, 0.25) is 0 Å². The van der Waals surface area contributed by atoms with Gasteiger partial charge in [-0.1, -0.05) is 13.8 Å². The van der Waals surface area contributed by atoms with Crippen LogP contribution in [-0.2, 0) is 14.9 Å². The average molecular weight is 268 g/mol. The zero-order chi connectivity index (χ0) is 14.5. The first-order chi connectivity index (χ1) is 9.00. The molecular weight excluding hydrogens is 247 g/mol. The van der Waals surface area contributed by atoms with Crippen molar-refractivity contribution in [3.05, 3.63) is 29.8 Å². The molecule has 2 unspecified atom stereocenters. The third kappa shape index (κ3) is 3.29. The number of hydrogen-bond acceptors (Lipinski definition) is 4. The lowest BCUT2D eigenvalue weighted by molar-refractivity contribution is -0.142. The standard InChI is InChI=1S/C14H21FN2O2/c1-4-11(16)14(5-2,8-13(18)19-3)12-7-6-10(15)9-17-12/h6-7,9,11H,4-5,8,16H2,1-3H3. The highest BCUT2D eigenvalue weighted by atomic mass is 19.1. The summed E-state index contributed by atoms with van der Waals surface area (Å²) < 4.78 is 17.8. The van der Waals surface area contributed by atoms with Gasteiger partial charge in [-0.25, -0.2) is 4.39 Å². The number of halogens is 1. The van der Waals surface area contributed by atoms with Crippen molar-refractivity contribution in [3.8, 4) is 0 Å². The molecule has 0 fully saturated rings. The Bertz CT molecular complexity index is 422. The number of methoxy groups -OCH3 is 1. The van der Waals surface area contributed by atoms with E-state index in [9.17, 15) is 9.18 Å². The second-order valence-electron chi connectivity index (χ2n) is 4.64. The Labute approximate surface area is 113 Å². The first-order valence-electron chi connectivity index (χ1n) is 6.44. The van der Waals surface area contributed by atoms with Crippen LogP contribution in [0.5, 0.6) is 0 Å². The van der Waals surface area contributed by atoms with E-state index in [4.69, 9.17) is 10.5 Å². The van der Waals surface area contributed by atoms with Gasteiger partial charge in [-0.3, -0.25) is 9.78 Å². The van der Waals surface area contributed by atoms with Crippen LogP contribution in [0, 0.1) is 5.82 Å². The summed E-state index contributed by atoms with van der Waals surface area (Å²) >= 11 is 0. The Kier molecular flexibility index (Phi) is 5.42. The van der Waals surface area contributed by atoms with E-state index in [-0.39, 0.29) is 18.4 Å². The Hall–Kier alpha value is -1.49. The van der Waals surface area contributed by atoms with Gasteiger partial charge in [0.05, 0.1) is 19.7 Å². The molecule has 1 aromatic heterocycles. The van der Waals surface area contributed by atoms with Crippen LogP contribution < -0.4 is 5.73 Å².